The Balaban J connectivity index is 1.81. The zero-order valence-electron chi connectivity index (χ0n) is 15.1. The summed E-state index contributed by atoms with van der Waals surface area (Å²) in [5, 5.41) is 1.59. The van der Waals surface area contributed by atoms with Crippen LogP contribution >= 0.6 is 11.6 Å². The first-order valence-corrected chi connectivity index (χ1v) is 9.13. The first kappa shape index (κ1) is 18.3. The molecular weight excluding hydrogens is 376 g/mol. The Bertz CT molecular complexity index is 1120. The number of hydrogen-bond acceptors (Lipinski definition) is 3. The summed E-state index contributed by atoms with van der Waals surface area (Å²) in [7, 11) is 1.44. The van der Waals surface area contributed by atoms with E-state index in [4.69, 9.17) is 21.0 Å². The molecule has 1 aromatic heterocycles. The summed E-state index contributed by atoms with van der Waals surface area (Å²) in [5.74, 6) is 0.360. The van der Waals surface area contributed by atoms with Gasteiger partial charge in [-0.2, -0.15) is 0 Å². The third-order valence-corrected chi connectivity index (χ3v) is 4.74. The average molecular weight is 392 g/mol. The van der Waals surface area contributed by atoms with E-state index in [1.165, 1.54) is 13.2 Å². The van der Waals surface area contributed by atoms with Gasteiger partial charge in [-0.05, 0) is 47.3 Å². The lowest BCUT2D eigenvalue weighted by Gasteiger charge is -2.18. The minimum absolute atomic E-state index is 0.186. The number of halogens is 2. The van der Waals surface area contributed by atoms with Crippen LogP contribution in [0, 0.1) is 5.82 Å². The maximum atomic E-state index is 14.4. The van der Waals surface area contributed by atoms with Gasteiger partial charge in [-0.3, -0.25) is 4.98 Å². The predicted molar refractivity (Wildman–Crippen MR) is 112 cm³/mol. The van der Waals surface area contributed by atoms with Gasteiger partial charge < -0.3 is 9.39 Å². The second-order valence-corrected chi connectivity index (χ2v) is 6.71. The van der Waals surface area contributed by atoms with Gasteiger partial charge in [0.1, 0.15) is 11.3 Å². The minimum atomic E-state index is -0.537. The quantitative estimate of drug-likeness (QED) is 0.477. The zero-order chi connectivity index (χ0) is 19.5. The fourth-order valence-corrected chi connectivity index (χ4v) is 3.24. The molecule has 0 amide bonds. The van der Waals surface area contributed by atoms with Gasteiger partial charge in [0.2, 0.25) is 0 Å². The summed E-state index contributed by atoms with van der Waals surface area (Å²) in [6.45, 7) is -0.537. The Morgan fingerprint density at radius 2 is 1.64 bits per heavy atom. The molecule has 0 N–H and O–H groups in total. The molecule has 0 unspecified atom stereocenters. The first-order chi connectivity index (χ1) is 13.7. The lowest BCUT2D eigenvalue weighted by Crippen LogP contribution is -2.47. The van der Waals surface area contributed by atoms with Crippen molar-refractivity contribution in [2.75, 3.05) is 7.11 Å². The third-order valence-electron chi connectivity index (χ3n) is 4.49. The molecule has 1 heterocycles. The zero-order valence-corrected chi connectivity index (χ0v) is 15.9. The van der Waals surface area contributed by atoms with E-state index in [0.717, 1.165) is 16.4 Å². The van der Waals surface area contributed by atoms with Crippen molar-refractivity contribution in [1.82, 2.24) is 4.98 Å². The van der Waals surface area contributed by atoms with Crippen molar-refractivity contribution in [3.63, 3.8) is 0 Å². The average Bonchev–Trinajstić information content (AvgIpc) is 2.73. The van der Waals surface area contributed by atoms with Gasteiger partial charge in [0.25, 0.3) is 0 Å². The molecule has 0 aliphatic heterocycles. The molecule has 28 heavy (non-hydrogen) atoms. The largest absolute Gasteiger partial charge is 0.550 e. The lowest BCUT2D eigenvalue weighted by atomic mass is 9.55. The number of methoxy groups -OCH3 is 1. The van der Waals surface area contributed by atoms with Crippen LogP contribution in [-0.4, -0.2) is 19.0 Å². The van der Waals surface area contributed by atoms with Crippen molar-refractivity contribution >= 4 is 40.3 Å². The van der Waals surface area contributed by atoms with Crippen molar-refractivity contribution in [2.24, 2.45) is 0 Å². The van der Waals surface area contributed by atoms with Gasteiger partial charge in [-0.1, -0.05) is 48.0 Å². The van der Waals surface area contributed by atoms with E-state index in [0.29, 0.717) is 16.2 Å². The molecule has 4 rings (SSSR count). The Morgan fingerprint density at radius 1 is 0.893 bits per heavy atom. The van der Waals surface area contributed by atoms with Gasteiger partial charge in [0.15, 0.2) is 11.6 Å². The van der Waals surface area contributed by atoms with Gasteiger partial charge in [-0.15, -0.1) is 0 Å². The number of fused-ring (bicyclic) bond motifs is 1. The minimum Gasteiger partial charge on any atom is -0.550 e. The van der Waals surface area contributed by atoms with Gasteiger partial charge in [0, 0.05) is 16.6 Å². The predicted octanol–water partition coefficient (Wildman–Crippen LogP) is 4.22. The maximum absolute atomic E-state index is 14.4. The SMILES string of the molecule is COc1ccc(B(Oc2cccc3cccnc23)c2ccc(Cl)cc2)cc1F. The number of aromatic nitrogens is 1. The molecule has 0 saturated carbocycles. The molecule has 0 aliphatic carbocycles. The van der Waals surface area contributed by atoms with E-state index in [-0.39, 0.29) is 5.75 Å². The Labute approximate surface area is 167 Å². The lowest BCUT2D eigenvalue weighted by molar-refractivity contribution is 0.387. The van der Waals surface area contributed by atoms with E-state index in [9.17, 15) is 4.39 Å². The summed E-state index contributed by atoms with van der Waals surface area (Å²) in [5.41, 5.74) is 2.26. The number of ether oxygens (including phenoxy) is 1. The Morgan fingerprint density at radius 3 is 2.39 bits per heavy atom. The normalized spacial score (nSPS) is 10.7. The highest BCUT2D eigenvalue weighted by molar-refractivity contribution is 6.80. The topological polar surface area (TPSA) is 31.4 Å². The van der Waals surface area contributed by atoms with Crippen LogP contribution in [0.25, 0.3) is 10.9 Å². The van der Waals surface area contributed by atoms with E-state index >= 15 is 0 Å². The van der Waals surface area contributed by atoms with Crippen LogP contribution in [0.3, 0.4) is 0 Å². The van der Waals surface area contributed by atoms with E-state index in [1.807, 2.05) is 42.5 Å². The third kappa shape index (κ3) is 3.66. The van der Waals surface area contributed by atoms with E-state index in [1.54, 1.807) is 30.5 Å². The molecule has 3 nitrogen and oxygen atoms in total. The van der Waals surface area contributed by atoms with E-state index < -0.39 is 12.7 Å². The number of nitrogens with zero attached hydrogens (tertiary/aromatic N) is 1. The van der Waals surface area contributed by atoms with Crippen molar-refractivity contribution in [1.29, 1.82) is 0 Å². The second kappa shape index (κ2) is 7.91. The molecule has 0 aliphatic rings. The molecule has 0 atom stereocenters. The van der Waals surface area contributed by atoms with Gasteiger partial charge in [-0.25, -0.2) is 4.39 Å². The fourth-order valence-electron chi connectivity index (χ4n) is 3.11. The molecule has 0 radical (unpaired) electrons. The smallest absolute Gasteiger partial charge is 0.426 e. The number of pyridine rings is 1. The molecule has 0 spiro atoms. The van der Waals surface area contributed by atoms with Crippen molar-refractivity contribution < 1.29 is 13.8 Å². The highest BCUT2D eigenvalue weighted by atomic mass is 35.5. The number of para-hydroxylation sites is 1. The van der Waals surface area contributed by atoms with Crippen LogP contribution in [0.1, 0.15) is 0 Å². The second-order valence-electron chi connectivity index (χ2n) is 6.27. The number of benzene rings is 3. The van der Waals surface area contributed by atoms with Gasteiger partial charge in [0.05, 0.1) is 7.11 Å². The molecule has 3 aromatic carbocycles. The maximum Gasteiger partial charge on any atom is 0.426 e. The van der Waals surface area contributed by atoms with Crippen LogP contribution in [0.4, 0.5) is 4.39 Å². The van der Waals surface area contributed by atoms with Crippen LogP contribution < -0.4 is 20.3 Å². The fraction of sp³-hybridized carbons (Fsp3) is 0.0455. The van der Waals surface area contributed by atoms with Crippen LogP contribution in [0.15, 0.2) is 79.0 Å². The summed E-state index contributed by atoms with van der Waals surface area (Å²) in [4.78, 5) is 4.44. The summed E-state index contributed by atoms with van der Waals surface area (Å²) in [6, 6.07) is 21.7. The molecule has 0 fully saturated rings. The highest BCUT2D eigenvalue weighted by Crippen LogP contribution is 2.24. The summed E-state index contributed by atoms with van der Waals surface area (Å²) in [6.07, 6.45) is 1.72. The van der Waals surface area contributed by atoms with Crippen molar-refractivity contribution in [3.8, 4) is 11.5 Å². The van der Waals surface area contributed by atoms with Crippen LogP contribution in [0.5, 0.6) is 11.5 Å². The molecule has 0 saturated heterocycles. The molecule has 4 aromatic rings. The van der Waals surface area contributed by atoms with E-state index in [2.05, 4.69) is 4.98 Å². The molecule has 138 valence electrons. The highest BCUT2D eigenvalue weighted by Gasteiger charge is 2.26. The summed E-state index contributed by atoms with van der Waals surface area (Å²) >= 11 is 6.04. The standard InChI is InChI=1S/C22H16BClFNO2/c1-27-20-12-9-17(14-19(20)25)23(16-7-10-18(24)11-8-16)28-21-6-2-4-15-5-3-13-26-22(15)21/h2-14H,1H3. The summed E-state index contributed by atoms with van der Waals surface area (Å²) < 4.78 is 25.8. The van der Waals surface area contributed by atoms with Crippen LogP contribution in [0.2, 0.25) is 5.02 Å². The van der Waals surface area contributed by atoms with Crippen molar-refractivity contribution in [2.45, 2.75) is 0 Å². The molecule has 6 heteroatoms. The number of rotatable bonds is 5. The van der Waals surface area contributed by atoms with Crippen molar-refractivity contribution in [3.05, 3.63) is 89.8 Å². The van der Waals surface area contributed by atoms with Crippen LogP contribution in [-0.2, 0) is 0 Å². The van der Waals surface area contributed by atoms with Gasteiger partial charge >= 0.3 is 6.92 Å². The first-order valence-electron chi connectivity index (χ1n) is 8.75. The molecular formula is C22H16BClFNO2. The molecule has 0 bridgehead atoms. The Hall–Kier alpha value is -3.05. The monoisotopic (exact) mass is 391 g/mol. The number of hydrogen-bond donors (Lipinski definition) is 0. The Kier molecular flexibility index (Phi) is 5.17.